The number of hydrogen-bond donors (Lipinski definition) is 1. The van der Waals surface area contributed by atoms with E-state index >= 15 is 0 Å². The molecule has 0 radical (unpaired) electrons. The molecule has 0 aromatic heterocycles. The van der Waals surface area contributed by atoms with Gasteiger partial charge in [0.15, 0.2) is 12.6 Å². The zero-order chi connectivity index (χ0) is 34.5. The molecule has 10 atom stereocenters. The Labute approximate surface area is 286 Å². The van der Waals surface area contributed by atoms with Crippen molar-refractivity contribution in [1.29, 1.82) is 0 Å². The lowest BCUT2D eigenvalue weighted by molar-refractivity contribution is -0.319. The maximum absolute atomic E-state index is 11.1. The van der Waals surface area contributed by atoms with E-state index in [2.05, 4.69) is 105 Å². The molecular weight excluding hydrogens is 623 g/mol. The maximum atomic E-state index is 11.1. The maximum Gasteiger partial charge on any atom is 0.261 e. The highest BCUT2D eigenvalue weighted by atomic mass is 28.4. The second kappa shape index (κ2) is 15.7. The Morgan fingerprint density at radius 2 is 1.35 bits per heavy atom. The van der Waals surface area contributed by atoms with E-state index in [0.717, 1.165) is 15.9 Å². The predicted octanol–water partition coefficient (Wildman–Crippen LogP) is 6.58. The molecule has 0 saturated carbocycles. The lowest BCUT2D eigenvalue weighted by atomic mass is 9.85. The average Bonchev–Trinajstić information content (AvgIpc) is 3.08. The van der Waals surface area contributed by atoms with Crippen LogP contribution in [0.5, 0.6) is 0 Å². The Bertz CT molecular complexity index is 1450. The van der Waals surface area contributed by atoms with E-state index in [-0.39, 0.29) is 35.7 Å². The fraction of sp³-hybridized carbons (Fsp3) is 0.526. The third-order valence-electron chi connectivity index (χ3n) is 10.2. The second-order valence-electron chi connectivity index (χ2n) is 14.4. The minimum atomic E-state index is -2.93. The van der Waals surface area contributed by atoms with Crippen LogP contribution >= 0.6 is 0 Å². The van der Waals surface area contributed by atoms with Crippen molar-refractivity contribution in [1.82, 2.24) is 0 Å². The number of rotatable bonds is 11. The highest BCUT2D eigenvalue weighted by molar-refractivity contribution is 6.99. The quantitative estimate of drug-likeness (QED) is 0.106. The smallest absolute Gasteiger partial charge is 0.261 e. The van der Waals surface area contributed by atoms with Gasteiger partial charge >= 0.3 is 0 Å². The van der Waals surface area contributed by atoms with E-state index in [4.69, 9.17) is 23.4 Å². The largest absolute Gasteiger partial charge is 0.405 e. The van der Waals surface area contributed by atoms with Crippen LogP contribution in [0.2, 0.25) is 5.04 Å². The Hall–Kier alpha value is -3.05. The van der Waals surface area contributed by atoms with Crippen molar-refractivity contribution in [2.45, 2.75) is 103 Å². The summed E-state index contributed by atoms with van der Waals surface area (Å²) in [6.07, 6.45) is -3.46. The fourth-order valence-electron chi connectivity index (χ4n) is 7.41. The normalized spacial score (nSPS) is 31.2. The first-order valence-corrected chi connectivity index (χ1v) is 19.0. The number of aliphatic hydroxyl groups excluding tert-OH is 1. The van der Waals surface area contributed by atoms with Crippen LogP contribution in [0, 0.1) is 17.8 Å². The summed E-state index contributed by atoms with van der Waals surface area (Å²) in [7, 11) is -2.93. The van der Waals surface area contributed by atoms with Gasteiger partial charge in [0.2, 0.25) is 0 Å². The van der Waals surface area contributed by atoms with E-state index < -0.39 is 45.1 Å². The molecule has 5 rings (SSSR count). The lowest BCUT2D eigenvalue weighted by Crippen LogP contribution is -2.68. The molecule has 3 aromatic carbocycles. The Morgan fingerprint density at radius 1 is 0.792 bits per heavy atom. The molecule has 48 heavy (non-hydrogen) atoms. The van der Waals surface area contributed by atoms with Gasteiger partial charge < -0.3 is 28.5 Å². The van der Waals surface area contributed by atoms with Crippen molar-refractivity contribution in [3.05, 3.63) is 107 Å². The number of aliphatic hydroxyl groups is 1. The van der Waals surface area contributed by atoms with Crippen LogP contribution in [0.1, 0.15) is 54.0 Å². The molecule has 0 bridgehead atoms. The summed E-state index contributed by atoms with van der Waals surface area (Å²) >= 11 is 0. The summed E-state index contributed by atoms with van der Waals surface area (Å²) in [4.78, 5) is 3.02. The van der Waals surface area contributed by atoms with Gasteiger partial charge in [-0.1, -0.05) is 138 Å². The molecule has 2 heterocycles. The van der Waals surface area contributed by atoms with E-state index in [1.54, 1.807) is 0 Å². The summed E-state index contributed by atoms with van der Waals surface area (Å²) in [5.74, 6) is -0.377. The van der Waals surface area contributed by atoms with Crippen molar-refractivity contribution in [3.63, 3.8) is 0 Å². The van der Waals surface area contributed by atoms with Crippen LogP contribution in [0.15, 0.2) is 96.1 Å². The highest BCUT2D eigenvalue weighted by Gasteiger charge is 2.53. The average molecular weight is 674 g/mol. The summed E-state index contributed by atoms with van der Waals surface area (Å²) < 4.78 is 33.4. The first-order valence-electron chi connectivity index (χ1n) is 17.1. The Kier molecular flexibility index (Phi) is 11.8. The molecule has 0 spiro atoms. The lowest BCUT2D eigenvalue weighted by Gasteiger charge is -2.49. The van der Waals surface area contributed by atoms with Crippen molar-refractivity contribution in [3.8, 4) is 0 Å². The van der Waals surface area contributed by atoms with Gasteiger partial charge in [0.1, 0.15) is 6.10 Å². The van der Waals surface area contributed by atoms with Gasteiger partial charge in [0, 0.05) is 16.7 Å². The Morgan fingerprint density at radius 3 is 1.90 bits per heavy atom. The number of azide groups is 1. The molecule has 1 N–H and O–H groups in total. The van der Waals surface area contributed by atoms with Crippen molar-refractivity contribution < 1.29 is 28.5 Å². The number of benzene rings is 3. The van der Waals surface area contributed by atoms with E-state index in [0.29, 0.717) is 6.61 Å². The molecule has 2 aliphatic heterocycles. The van der Waals surface area contributed by atoms with Gasteiger partial charge in [0.25, 0.3) is 8.32 Å². The zero-order valence-corrected chi connectivity index (χ0v) is 30.2. The van der Waals surface area contributed by atoms with Gasteiger partial charge in [-0.05, 0) is 39.3 Å². The third kappa shape index (κ3) is 7.56. The molecule has 10 heteroatoms. The minimum Gasteiger partial charge on any atom is -0.405 e. The number of hydrogen-bond acceptors (Lipinski definition) is 7. The monoisotopic (exact) mass is 673 g/mol. The Balaban J connectivity index is 1.45. The van der Waals surface area contributed by atoms with Gasteiger partial charge in [-0.25, -0.2) is 0 Å². The molecule has 4 unspecified atom stereocenters. The summed E-state index contributed by atoms with van der Waals surface area (Å²) in [6, 6.07) is 30.1. The second-order valence-corrected chi connectivity index (χ2v) is 18.7. The van der Waals surface area contributed by atoms with Crippen molar-refractivity contribution >= 4 is 18.7 Å². The highest BCUT2D eigenvalue weighted by Crippen LogP contribution is 2.40. The first-order chi connectivity index (χ1) is 23.0. The molecule has 258 valence electrons. The molecule has 2 saturated heterocycles. The van der Waals surface area contributed by atoms with Gasteiger partial charge in [-0.3, -0.25) is 0 Å². The van der Waals surface area contributed by atoms with Crippen molar-refractivity contribution in [2.75, 3.05) is 6.61 Å². The summed E-state index contributed by atoms with van der Waals surface area (Å²) in [6.45, 7) is 15.5. The van der Waals surface area contributed by atoms with Gasteiger partial charge in [0.05, 0.1) is 37.6 Å². The molecule has 0 aliphatic carbocycles. The third-order valence-corrected chi connectivity index (χ3v) is 15.2. The molecule has 0 amide bonds. The topological polar surface area (TPSA) is 115 Å². The summed E-state index contributed by atoms with van der Waals surface area (Å²) in [5.41, 5.74) is 10.5. The molecule has 2 aliphatic rings. The van der Waals surface area contributed by atoms with E-state index in [1.165, 1.54) is 0 Å². The van der Waals surface area contributed by atoms with Crippen LogP contribution in [0.25, 0.3) is 10.4 Å². The molecule has 3 aromatic rings. The minimum absolute atomic E-state index is 0.116. The van der Waals surface area contributed by atoms with Crippen LogP contribution in [0.4, 0.5) is 0 Å². The van der Waals surface area contributed by atoms with E-state index in [1.807, 2.05) is 44.2 Å². The van der Waals surface area contributed by atoms with E-state index in [9.17, 15) is 10.6 Å². The summed E-state index contributed by atoms with van der Waals surface area (Å²) in [5, 5.41) is 17.0. The standard InChI is InChI=1S/C38H51N3O6Si/c1-25-28(4)45-37(27(3)34(25)43-23-29-17-11-8-12-18-29)47-35-26(2)33(40-41-39)36(42)46-32(35)24-44-48(38(5,6)7,30-19-13-9-14-20-30)31-21-15-10-16-22-31/h8-22,25-28,32-37,42H,23-24H2,1-7H3/t25-,26-,27?,28?,32?,33?,34-,35+,36+,37+/m1/s1. The van der Waals surface area contributed by atoms with Crippen LogP contribution in [-0.2, 0) is 30.0 Å². The van der Waals surface area contributed by atoms with Gasteiger partial charge in [-0.15, -0.1) is 0 Å². The number of ether oxygens (including phenoxy) is 4. The predicted molar refractivity (Wildman–Crippen MR) is 189 cm³/mol. The van der Waals surface area contributed by atoms with Crippen LogP contribution in [-0.4, -0.2) is 63.1 Å². The number of nitrogens with zero attached hydrogens (tertiary/aromatic N) is 3. The molecular formula is C38H51N3O6Si. The fourth-order valence-corrected chi connectivity index (χ4v) is 12.0. The van der Waals surface area contributed by atoms with Crippen molar-refractivity contribution in [2.24, 2.45) is 22.9 Å². The first kappa shape index (κ1) is 36.2. The SMILES string of the molecule is CC1O[C@@H](O[C@@H]2C(CO[Si](c3ccccc3)(c3ccccc3)C(C)(C)C)O[C@H](O)C(N=[N+]=[N-])[C@H]2C)C(C)[C@H](OCc2ccccc2)[C@@H]1C. The van der Waals surface area contributed by atoms with Crippen LogP contribution in [0.3, 0.4) is 0 Å². The molecule has 9 nitrogen and oxygen atoms in total. The zero-order valence-electron chi connectivity index (χ0n) is 29.2. The molecule has 2 fully saturated rings. The van der Waals surface area contributed by atoms with Gasteiger partial charge in [-0.2, -0.15) is 0 Å². The van der Waals surface area contributed by atoms with Crippen LogP contribution < -0.4 is 10.4 Å².